The summed E-state index contributed by atoms with van der Waals surface area (Å²) in [6.45, 7) is 4.62. The van der Waals surface area contributed by atoms with E-state index < -0.39 is 0 Å². The number of likely N-dealkylation sites (tertiary alicyclic amines) is 2. The van der Waals surface area contributed by atoms with Crippen molar-refractivity contribution in [2.24, 2.45) is 0 Å². The van der Waals surface area contributed by atoms with Crippen LogP contribution >= 0.6 is 23.2 Å². The van der Waals surface area contributed by atoms with E-state index in [-0.39, 0.29) is 24.4 Å². The van der Waals surface area contributed by atoms with Crippen LogP contribution in [0.25, 0.3) is 0 Å². The van der Waals surface area contributed by atoms with E-state index in [1.54, 1.807) is 18.2 Å². The second kappa shape index (κ2) is 10.3. The van der Waals surface area contributed by atoms with E-state index in [2.05, 4.69) is 17.1 Å². The highest BCUT2D eigenvalue weighted by Gasteiger charge is 2.38. The summed E-state index contributed by atoms with van der Waals surface area (Å²) in [6.07, 6.45) is 2.91. The molecule has 8 heteroatoms. The van der Waals surface area contributed by atoms with Crippen LogP contribution in [-0.4, -0.2) is 65.0 Å². The molecule has 6 nitrogen and oxygen atoms in total. The SMILES string of the molecule is C[C@@H]1[C@H](N2CCC(c3ccccc3O)CC2)CCN1C(=O)CNC(=O)c1ccc(Cl)c(Cl)c1. The molecular weight excluding hydrogens is 461 g/mol. The quantitative estimate of drug-likeness (QED) is 0.656. The van der Waals surface area contributed by atoms with Gasteiger partial charge >= 0.3 is 0 Å². The number of hydrogen-bond acceptors (Lipinski definition) is 4. The number of carbonyl (C=O) groups is 2. The second-order valence-electron chi connectivity index (χ2n) is 8.86. The Morgan fingerprint density at radius 3 is 2.45 bits per heavy atom. The van der Waals surface area contributed by atoms with E-state index in [0.29, 0.717) is 39.9 Å². The number of para-hydroxylation sites is 1. The van der Waals surface area contributed by atoms with E-state index in [1.807, 2.05) is 23.1 Å². The Hall–Kier alpha value is -2.28. The first-order valence-electron chi connectivity index (χ1n) is 11.4. The maximum Gasteiger partial charge on any atom is 0.251 e. The van der Waals surface area contributed by atoms with E-state index in [0.717, 1.165) is 37.9 Å². The van der Waals surface area contributed by atoms with Gasteiger partial charge in [0.1, 0.15) is 5.75 Å². The standard InChI is InChI=1S/C25H29Cl2N3O3/c1-16-22(29-11-8-17(9-12-29)19-4-2-3-5-23(19)31)10-13-30(16)24(32)15-28-25(33)18-6-7-20(26)21(27)14-18/h2-7,14,16-17,22,31H,8-13,15H2,1H3,(H,28,33)/t16-,22-/m1/s1. The van der Waals surface area contributed by atoms with Crippen molar-refractivity contribution >= 4 is 35.0 Å². The summed E-state index contributed by atoms with van der Waals surface area (Å²) in [4.78, 5) is 29.6. The normalized spacial score (nSPS) is 21.8. The van der Waals surface area contributed by atoms with Crippen molar-refractivity contribution in [3.05, 3.63) is 63.6 Å². The molecule has 0 saturated carbocycles. The number of hydrogen-bond donors (Lipinski definition) is 2. The molecule has 0 aliphatic carbocycles. The molecule has 2 heterocycles. The van der Waals surface area contributed by atoms with Crippen LogP contribution in [0.15, 0.2) is 42.5 Å². The van der Waals surface area contributed by atoms with Crippen molar-refractivity contribution in [1.82, 2.24) is 15.1 Å². The number of benzene rings is 2. The van der Waals surface area contributed by atoms with E-state index >= 15 is 0 Å². The minimum Gasteiger partial charge on any atom is -0.508 e. The van der Waals surface area contributed by atoms with Crippen LogP contribution in [-0.2, 0) is 4.79 Å². The average molecular weight is 490 g/mol. The summed E-state index contributed by atoms with van der Waals surface area (Å²) < 4.78 is 0. The number of aromatic hydroxyl groups is 1. The largest absolute Gasteiger partial charge is 0.508 e. The number of piperidine rings is 1. The number of phenolic OH excluding ortho intramolecular Hbond substituents is 1. The van der Waals surface area contributed by atoms with Crippen molar-refractivity contribution in [3.63, 3.8) is 0 Å². The van der Waals surface area contributed by atoms with Crippen LogP contribution < -0.4 is 5.32 Å². The summed E-state index contributed by atoms with van der Waals surface area (Å²) in [6, 6.07) is 12.6. The average Bonchev–Trinajstić information content (AvgIpc) is 3.21. The predicted molar refractivity (Wildman–Crippen MR) is 130 cm³/mol. The molecule has 2 N–H and O–H groups in total. The molecule has 2 aromatic carbocycles. The van der Waals surface area contributed by atoms with Crippen molar-refractivity contribution in [2.45, 2.75) is 44.2 Å². The Morgan fingerprint density at radius 2 is 1.76 bits per heavy atom. The highest BCUT2D eigenvalue weighted by atomic mass is 35.5. The molecule has 2 fully saturated rings. The van der Waals surface area contributed by atoms with Gasteiger partial charge < -0.3 is 15.3 Å². The van der Waals surface area contributed by atoms with Crippen LogP contribution in [0.3, 0.4) is 0 Å². The van der Waals surface area contributed by atoms with Gasteiger partial charge in [0.05, 0.1) is 16.6 Å². The van der Waals surface area contributed by atoms with Gasteiger partial charge in [0.2, 0.25) is 5.91 Å². The van der Waals surface area contributed by atoms with Gasteiger partial charge in [-0.3, -0.25) is 14.5 Å². The number of nitrogens with zero attached hydrogens (tertiary/aromatic N) is 2. The molecule has 4 rings (SSSR count). The molecular formula is C25H29Cl2N3O3. The zero-order chi connectivity index (χ0) is 23.5. The third-order valence-electron chi connectivity index (χ3n) is 6.99. The first kappa shape index (κ1) is 23.9. The Kier molecular flexibility index (Phi) is 7.47. The smallest absolute Gasteiger partial charge is 0.251 e. The molecule has 0 radical (unpaired) electrons. The van der Waals surface area contributed by atoms with Gasteiger partial charge in [-0.25, -0.2) is 0 Å². The molecule has 0 bridgehead atoms. The number of carbonyl (C=O) groups excluding carboxylic acids is 2. The second-order valence-corrected chi connectivity index (χ2v) is 9.68. The van der Waals surface area contributed by atoms with Crippen LogP contribution in [0.1, 0.15) is 48.0 Å². The van der Waals surface area contributed by atoms with Gasteiger partial charge in [0, 0.05) is 24.2 Å². The number of phenols is 1. The summed E-state index contributed by atoms with van der Waals surface area (Å²) in [5.41, 5.74) is 1.41. The van der Waals surface area contributed by atoms with Gasteiger partial charge in [-0.15, -0.1) is 0 Å². The number of amides is 2. The fraction of sp³-hybridized carbons (Fsp3) is 0.440. The van der Waals surface area contributed by atoms with Gasteiger partial charge in [-0.2, -0.15) is 0 Å². The lowest BCUT2D eigenvalue weighted by Gasteiger charge is -2.38. The van der Waals surface area contributed by atoms with Gasteiger partial charge in [-0.1, -0.05) is 41.4 Å². The molecule has 2 amide bonds. The Labute approximate surface area is 204 Å². The number of nitrogens with one attached hydrogen (secondary N) is 1. The third kappa shape index (κ3) is 5.29. The summed E-state index contributed by atoms with van der Waals surface area (Å²) in [5.74, 6) is 0.317. The molecule has 176 valence electrons. The van der Waals surface area contributed by atoms with E-state index in [1.165, 1.54) is 6.07 Å². The van der Waals surface area contributed by atoms with Crippen molar-refractivity contribution < 1.29 is 14.7 Å². The van der Waals surface area contributed by atoms with Crippen LogP contribution in [0, 0.1) is 0 Å². The molecule has 2 aliphatic rings. The zero-order valence-electron chi connectivity index (χ0n) is 18.6. The minimum atomic E-state index is -0.350. The molecule has 2 atom stereocenters. The van der Waals surface area contributed by atoms with E-state index in [9.17, 15) is 14.7 Å². The summed E-state index contributed by atoms with van der Waals surface area (Å²) >= 11 is 11.9. The molecule has 0 aromatic heterocycles. The summed E-state index contributed by atoms with van der Waals surface area (Å²) in [5, 5.41) is 13.5. The van der Waals surface area contributed by atoms with Crippen LogP contribution in [0.5, 0.6) is 5.75 Å². The molecule has 2 aromatic rings. The molecule has 2 saturated heterocycles. The topological polar surface area (TPSA) is 72.9 Å². The lowest BCUT2D eigenvalue weighted by molar-refractivity contribution is -0.131. The monoisotopic (exact) mass is 489 g/mol. The van der Waals surface area contributed by atoms with Crippen LogP contribution in [0.4, 0.5) is 0 Å². The summed E-state index contributed by atoms with van der Waals surface area (Å²) in [7, 11) is 0. The first-order chi connectivity index (χ1) is 15.8. The van der Waals surface area contributed by atoms with E-state index in [4.69, 9.17) is 23.2 Å². The van der Waals surface area contributed by atoms with Crippen molar-refractivity contribution in [1.29, 1.82) is 0 Å². The Morgan fingerprint density at radius 1 is 1.03 bits per heavy atom. The maximum atomic E-state index is 12.8. The molecule has 33 heavy (non-hydrogen) atoms. The lowest BCUT2D eigenvalue weighted by Crippen LogP contribution is -2.49. The minimum absolute atomic E-state index is 0.0501. The molecule has 0 unspecified atom stereocenters. The van der Waals surface area contributed by atoms with Gasteiger partial charge in [-0.05, 0) is 75.0 Å². The first-order valence-corrected chi connectivity index (χ1v) is 12.2. The molecule has 2 aliphatic heterocycles. The highest BCUT2D eigenvalue weighted by Crippen LogP contribution is 2.35. The zero-order valence-corrected chi connectivity index (χ0v) is 20.1. The lowest BCUT2D eigenvalue weighted by atomic mass is 9.88. The number of halogens is 2. The highest BCUT2D eigenvalue weighted by molar-refractivity contribution is 6.42. The Bertz CT molecular complexity index is 1020. The number of rotatable bonds is 5. The maximum absolute atomic E-state index is 12.8. The molecule has 0 spiro atoms. The van der Waals surface area contributed by atoms with Gasteiger partial charge in [0.15, 0.2) is 0 Å². The fourth-order valence-corrected chi connectivity index (χ4v) is 5.43. The Balaban J connectivity index is 1.28. The van der Waals surface area contributed by atoms with Crippen LogP contribution in [0.2, 0.25) is 10.0 Å². The van der Waals surface area contributed by atoms with Crippen molar-refractivity contribution in [3.8, 4) is 5.75 Å². The van der Waals surface area contributed by atoms with Crippen molar-refractivity contribution in [2.75, 3.05) is 26.2 Å². The fourth-order valence-electron chi connectivity index (χ4n) is 5.14. The third-order valence-corrected chi connectivity index (χ3v) is 7.73. The van der Waals surface area contributed by atoms with Gasteiger partial charge in [0.25, 0.3) is 5.91 Å². The predicted octanol–water partition coefficient (Wildman–Crippen LogP) is 4.30.